The summed E-state index contributed by atoms with van der Waals surface area (Å²) in [6.45, 7) is 9.63. The quantitative estimate of drug-likeness (QED) is 0.672. The summed E-state index contributed by atoms with van der Waals surface area (Å²) in [4.78, 5) is 31.0. The zero-order chi connectivity index (χ0) is 21.5. The minimum Gasteiger partial charge on any atom is -0.335 e. The molecule has 1 aromatic carbocycles. The normalized spacial score (nSPS) is 15.5. The van der Waals surface area contributed by atoms with E-state index >= 15 is 0 Å². The van der Waals surface area contributed by atoms with Crippen molar-refractivity contribution in [1.82, 2.24) is 20.0 Å². The number of rotatable bonds is 3. The molecule has 7 nitrogen and oxygen atoms in total. The Bertz CT molecular complexity index is 1070. The molecule has 3 aromatic rings. The standard InChI is InChI=1S/C22H27N5O2S/c1-22(2,3)15-7-5-14(6-8-15)19(28)23-18-16-13-17(30-20(16)25-24-18)21(29)27-11-9-26(4)10-12-27/h5-8,13H,9-12H2,1-4H3,(H2,23,24,25,28). The smallest absolute Gasteiger partial charge is 0.264 e. The number of hydrogen-bond donors (Lipinski definition) is 2. The van der Waals surface area contributed by atoms with Crippen LogP contribution in [0.5, 0.6) is 0 Å². The molecule has 0 unspecified atom stereocenters. The van der Waals surface area contributed by atoms with Crippen LogP contribution in [0.1, 0.15) is 46.4 Å². The Labute approximate surface area is 180 Å². The molecule has 1 saturated heterocycles. The van der Waals surface area contributed by atoms with Gasteiger partial charge in [-0.25, -0.2) is 0 Å². The number of hydrogen-bond acceptors (Lipinski definition) is 5. The first-order valence-corrected chi connectivity index (χ1v) is 10.9. The van der Waals surface area contributed by atoms with Gasteiger partial charge in [0, 0.05) is 31.7 Å². The average Bonchev–Trinajstić information content (AvgIpc) is 3.29. The van der Waals surface area contributed by atoms with Gasteiger partial charge < -0.3 is 15.1 Å². The van der Waals surface area contributed by atoms with Crippen LogP contribution in [0.3, 0.4) is 0 Å². The molecule has 0 saturated carbocycles. The molecule has 0 aliphatic carbocycles. The fourth-order valence-corrected chi connectivity index (χ4v) is 4.45. The fraction of sp³-hybridized carbons (Fsp3) is 0.409. The minimum absolute atomic E-state index is 0.0288. The fourth-order valence-electron chi connectivity index (χ4n) is 3.48. The number of likely N-dealkylation sites (N-methyl/N-ethyl adjacent to an activating group) is 1. The van der Waals surface area contributed by atoms with E-state index in [0.717, 1.165) is 31.6 Å². The number of carbonyl (C=O) groups excluding carboxylic acids is 2. The number of H-pyrrole nitrogens is 1. The number of nitrogens with zero attached hydrogens (tertiary/aromatic N) is 3. The van der Waals surface area contributed by atoms with Gasteiger partial charge in [-0.3, -0.25) is 14.7 Å². The molecule has 2 amide bonds. The summed E-state index contributed by atoms with van der Waals surface area (Å²) in [5.41, 5.74) is 1.79. The van der Waals surface area contributed by atoms with Crippen molar-refractivity contribution in [3.8, 4) is 0 Å². The van der Waals surface area contributed by atoms with E-state index in [4.69, 9.17) is 0 Å². The van der Waals surface area contributed by atoms with E-state index in [1.165, 1.54) is 16.9 Å². The number of nitrogens with one attached hydrogen (secondary N) is 2. The summed E-state index contributed by atoms with van der Waals surface area (Å²) in [5, 5.41) is 10.8. The van der Waals surface area contributed by atoms with Gasteiger partial charge in [0.05, 0.1) is 10.3 Å². The van der Waals surface area contributed by atoms with Gasteiger partial charge in [-0.05, 0) is 36.2 Å². The van der Waals surface area contributed by atoms with E-state index in [0.29, 0.717) is 21.1 Å². The Morgan fingerprint density at radius 1 is 1.10 bits per heavy atom. The lowest BCUT2D eigenvalue weighted by Crippen LogP contribution is -2.46. The van der Waals surface area contributed by atoms with Crippen molar-refractivity contribution >= 4 is 39.2 Å². The largest absolute Gasteiger partial charge is 0.335 e. The van der Waals surface area contributed by atoms with Gasteiger partial charge in [0.2, 0.25) is 0 Å². The summed E-state index contributed by atoms with van der Waals surface area (Å²) in [6.07, 6.45) is 0. The van der Waals surface area contributed by atoms with Crippen molar-refractivity contribution in [3.05, 3.63) is 46.3 Å². The lowest BCUT2D eigenvalue weighted by atomic mass is 9.87. The van der Waals surface area contributed by atoms with Crippen molar-refractivity contribution in [2.75, 3.05) is 38.5 Å². The minimum atomic E-state index is -0.209. The molecule has 4 rings (SSSR count). The van der Waals surface area contributed by atoms with Crippen LogP contribution in [0, 0.1) is 0 Å². The zero-order valence-corrected chi connectivity index (χ0v) is 18.6. The Kier molecular flexibility index (Phi) is 5.38. The molecule has 30 heavy (non-hydrogen) atoms. The zero-order valence-electron chi connectivity index (χ0n) is 17.8. The molecule has 2 aromatic heterocycles. The maximum Gasteiger partial charge on any atom is 0.264 e. The van der Waals surface area contributed by atoms with E-state index in [1.54, 1.807) is 0 Å². The van der Waals surface area contributed by atoms with E-state index < -0.39 is 0 Å². The van der Waals surface area contributed by atoms with Gasteiger partial charge in [0.15, 0.2) is 0 Å². The average molecular weight is 426 g/mol. The number of anilines is 1. The highest BCUT2D eigenvalue weighted by Crippen LogP contribution is 2.30. The number of thiophene rings is 1. The maximum absolute atomic E-state index is 12.8. The van der Waals surface area contributed by atoms with Gasteiger partial charge in [-0.2, -0.15) is 5.10 Å². The molecule has 0 atom stereocenters. The molecule has 0 bridgehead atoms. The van der Waals surface area contributed by atoms with Crippen LogP contribution in [0.4, 0.5) is 5.82 Å². The Morgan fingerprint density at radius 2 is 1.77 bits per heavy atom. The summed E-state index contributed by atoms with van der Waals surface area (Å²) in [6, 6.07) is 9.45. The van der Waals surface area contributed by atoms with Gasteiger partial charge in [0.25, 0.3) is 11.8 Å². The predicted molar refractivity (Wildman–Crippen MR) is 120 cm³/mol. The molecule has 3 heterocycles. The molecular weight excluding hydrogens is 398 g/mol. The van der Waals surface area contributed by atoms with E-state index in [-0.39, 0.29) is 17.2 Å². The third kappa shape index (κ3) is 4.11. The van der Waals surface area contributed by atoms with Crippen molar-refractivity contribution in [2.24, 2.45) is 0 Å². The number of piperazine rings is 1. The molecule has 1 fully saturated rings. The van der Waals surface area contributed by atoms with Crippen LogP contribution in [-0.2, 0) is 5.41 Å². The Balaban J connectivity index is 1.50. The predicted octanol–water partition coefficient (Wildman–Crippen LogP) is 3.56. The first kappa shape index (κ1) is 20.6. The number of fused-ring (bicyclic) bond motifs is 1. The summed E-state index contributed by atoms with van der Waals surface area (Å²) >= 11 is 1.35. The van der Waals surface area contributed by atoms with E-state index in [9.17, 15) is 9.59 Å². The highest BCUT2D eigenvalue weighted by Gasteiger charge is 2.24. The number of aromatic amines is 1. The van der Waals surface area contributed by atoms with Gasteiger partial charge in [-0.15, -0.1) is 11.3 Å². The van der Waals surface area contributed by atoms with Crippen LogP contribution >= 0.6 is 11.3 Å². The van der Waals surface area contributed by atoms with Crippen molar-refractivity contribution in [1.29, 1.82) is 0 Å². The molecular formula is C22H27N5O2S. The Morgan fingerprint density at radius 3 is 2.40 bits per heavy atom. The van der Waals surface area contributed by atoms with Crippen LogP contribution < -0.4 is 5.32 Å². The molecule has 1 aliphatic heterocycles. The van der Waals surface area contributed by atoms with Gasteiger partial charge in [0.1, 0.15) is 10.6 Å². The maximum atomic E-state index is 12.8. The second-order valence-electron chi connectivity index (χ2n) is 8.81. The molecule has 8 heteroatoms. The molecule has 0 spiro atoms. The molecule has 1 aliphatic rings. The second kappa shape index (κ2) is 7.85. The third-order valence-electron chi connectivity index (χ3n) is 5.50. The molecule has 2 N–H and O–H groups in total. The second-order valence-corrected chi connectivity index (χ2v) is 9.84. The highest BCUT2D eigenvalue weighted by molar-refractivity contribution is 7.20. The summed E-state index contributed by atoms with van der Waals surface area (Å²) < 4.78 is 0. The van der Waals surface area contributed by atoms with Gasteiger partial charge in [-0.1, -0.05) is 32.9 Å². The SMILES string of the molecule is CN1CCN(C(=O)c2cc3c(NC(=O)c4ccc(C(C)(C)C)cc4)[nH]nc3s2)CC1. The van der Waals surface area contributed by atoms with Crippen LogP contribution in [-0.4, -0.2) is 65.0 Å². The highest BCUT2D eigenvalue weighted by atomic mass is 32.1. The number of aromatic nitrogens is 2. The Hall–Kier alpha value is -2.71. The molecule has 158 valence electrons. The van der Waals surface area contributed by atoms with Crippen molar-refractivity contribution < 1.29 is 9.59 Å². The monoisotopic (exact) mass is 425 g/mol. The van der Waals surface area contributed by atoms with Gasteiger partial charge >= 0.3 is 0 Å². The van der Waals surface area contributed by atoms with E-state index in [2.05, 4.69) is 48.2 Å². The van der Waals surface area contributed by atoms with Crippen molar-refractivity contribution in [3.63, 3.8) is 0 Å². The third-order valence-corrected chi connectivity index (χ3v) is 6.52. The van der Waals surface area contributed by atoms with Crippen LogP contribution in [0.25, 0.3) is 10.2 Å². The number of benzene rings is 1. The number of carbonyl (C=O) groups is 2. The first-order chi connectivity index (χ1) is 14.2. The lowest BCUT2D eigenvalue weighted by molar-refractivity contribution is 0.0669. The van der Waals surface area contributed by atoms with Crippen LogP contribution in [0.2, 0.25) is 0 Å². The van der Waals surface area contributed by atoms with Crippen LogP contribution in [0.15, 0.2) is 30.3 Å². The lowest BCUT2D eigenvalue weighted by Gasteiger charge is -2.32. The number of amides is 2. The molecule has 0 radical (unpaired) electrons. The summed E-state index contributed by atoms with van der Waals surface area (Å²) in [5.74, 6) is 0.337. The summed E-state index contributed by atoms with van der Waals surface area (Å²) in [7, 11) is 2.06. The van der Waals surface area contributed by atoms with Crippen molar-refractivity contribution in [2.45, 2.75) is 26.2 Å². The van der Waals surface area contributed by atoms with E-state index in [1.807, 2.05) is 35.2 Å². The first-order valence-electron chi connectivity index (χ1n) is 10.1. The topological polar surface area (TPSA) is 81.3 Å².